The van der Waals surface area contributed by atoms with Crippen molar-refractivity contribution in [1.82, 2.24) is 5.32 Å². The van der Waals surface area contributed by atoms with E-state index < -0.39 is 0 Å². The number of rotatable bonds is 6. The SMILES string of the molecule is COc1ccccc1CCNC(C)c1ccc(Br)cc1F. The number of methoxy groups -OCH3 is 1. The van der Waals surface area contributed by atoms with E-state index >= 15 is 0 Å². The molecule has 4 heteroatoms. The van der Waals surface area contributed by atoms with Gasteiger partial charge in [0.1, 0.15) is 11.6 Å². The quantitative estimate of drug-likeness (QED) is 0.827. The van der Waals surface area contributed by atoms with Crippen LogP contribution in [0.4, 0.5) is 4.39 Å². The van der Waals surface area contributed by atoms with Gasteiger partial charge in [0.05, 0.1) is 7.11 Å². The number of para-hydroxylation sites is 1. The van der Waals surface area contributed by atoms with E-state index in [4.69, 9.17) is 4.74 Å². The molecule has 112 valence electrons. The Morgan fingerprint density at radius 3 is 2.71 bits per heavy atom. The maximum atomic E-state index is 13.9. The van der Waals surface area contributed by atoms with E-state index in [0.717, 1.165) is 28.8 Å². The lowest BCUT2D eigenvalue weighted by Gasteiger charge is -2.16. The molecular weight excluding hydrogens is 333 g/mol. The molecule has 1 N–H and O–H groups in total. The van der Waals surface area contributed by atoms with Crippen molar-refractivity contribution < 1.29 is 9.13 Å². The van der Waals surface area contributed by atoms with Crippen molar-refractivity contribution in [3.05, 3.63) is 63.9 Å². The van der Waals surface area contributed by atoms with Crippen LogP contribution in [-0.4, -0.2) is 13.7 Å². The van der Waals surface area contributed by atoms with Crippen LogP contribution in [0.3, 0.4) is 0 Å². The number of nitrogens with one attached hydrogen (secondary N) is 1. The Morgan fingerprint density at radius 2 is 2.00 bits per heavy atom. The van der Waals surface area contributed by atoms with Gasteiger partial charge in [0, 0.05) is 16.1 Å². The maximum Gasteiger partial charge on any atom is 0.129 e. The highest BCUT2D eigenvalue weighted by Gasteiger charge is 2.11. The Bertz CT molecular complexity index is 603. The first-order valence-corrected chi connectivity index (χ1v) is 7.71. The highest BCUT2D eigenvalue weighted by Crippen LogP contribution is 2.21. The number of benzene rings is 2. The molecule has 1 atom stereocenters. The van der Waals surface area contributed by atoms with Gasteiger partial charge in [-0.15, -0.1) is 0 Å². The Labute approximate surface area is 133 Å². The monoisotopic (exact) mass is 351 g/mol. The van der Waals surface area contributed by atoms with E-state index in [0.29, 0.717) is 5.56 Å². The summed E-state index contributed by atoms with van der Waals surface area (Å²) < 4.78 is 20.0. The summed E-state index contributed by atoms with van der Waals surface area (Å²) in [5, 5.41) is 3.35. The van der Waals surface area contributed by atoms with Gasteiger partial charge in [-0.1, -0.05) is 40.2 Å². The standard InChI is InChI=1S/C17H19BrFNO/c1-12(15-8-7-14(18)11-16(15)19)20-10-9-13-5-3-4-6-17(13)21-2/h3-8,11-12,20H,9-10H2,1-2H3. The number of halogens is 2. The number of hydrogen-bond donors (Lipinski definition) is 1. The number of ether oxygens (including phenoxy) is 1. The molecule has 0 aromatic heterocycles. The Hall–Kier alpha value is -1.39. The van der Waals surface area contributed by atoms with Gasteiger partial charge in [-0.25, -0.2) is 4.39 Å². The van der Waals surface area contributed by atoms with Crippen molar-refractivity contribution in [3.8, 4) is 5.75 Å². The van der Waals surface area contributed by atoms with Crippen LogP contribution in [0, 0.1) is 5.82 Å². The first-order chi connectivity index (χ1) is 10.1. The zero-order chi connectivity index (χ0) is 15.2. The van der Waals surface area contributed by atoms with Crippen LogP contribution in [0.5, 0.6) is 5.75 Å². The molecule has 0 heterocycles. The second-order valence-corrected chi connectivity index (χ2v) is 5.82. The molecule has 2 aromatic carbocycles. The van der Waals surface area contributed by atoms with Crippen molar-refractivity contribution >= 4 is 15.9 Å². The van der Waals surface area contributed by atoms with Gasteiger partial charge in [0.2, 0.25) is 0 Å². The molecule has 0 spiro atoms. The van der Waals surface area contributed by atoms with Crippen LogP contribution >= 0.6 is 15.9 Å². The lowest BCUT2D eigenvalue weighted by atomic mass is 10.1. The zero-order valence-electron chi connectivity index (χ0n) is 12.2. The molecule has 0 aliphatic carbocycles. The molecule has 2 nitrogen and oxygen atoms in total. The third kappa shape index (κ3) is 4.29. The zero-order valence-corrected chi connectivity index (χ0v) is 13.8. The number of hydrogen-bond acceptors (Lipinski definition) is 2. The molecule has 0 aliphatic rings. The summed E-state index contributed by atoms with van der Waals surface area (Å²) in [5.74, 6) is 0.698. The Morgan fingerprint density at radius 1 is 1.24 bits per heavy atom. The van der Waals surface area contributed by atoms with E-state index in [1.807, 2.05) is 37.3 Å². The summed E-state index contributed by atoms with van der Waals surface area (Å²) in [6.45, 7) is 2.73. The normalized spacial score (nSPS) is 12.2. The molecule has 2 aromatic rings. The van der Waals surface area contributed by atoms with Crippen LogP contribution in [0.1, 0.15) is 24.1 Å². The molecule has 21 heavy (non-hydrogen) atoms. The van der Waals surface area contributed by atoms with Crippen LogP contribution in [0.15, 0.2) is 46.9 Å². The first kappa shape index (κ1) is 16.0. The lowest BCUT2D eigenvalue weighted by molar-refractivity contribution is 0.408. The minimum Gasteiger partial charge on any atom is -0.496 e. The van der Waals surface area contributed by atoms with Gasteiger partial charge in [-0.2, -0.15) is 0 Å². The molecule has 0 bridgehead atoms. The lowest BCUT2D eigenvalue weighted by Crippen LogP contribution is -2.22. The predicted molar refractivity (Wildman–Crippen MR) is 87.2 cm³/mol. The van der Waals surface area contributed by atoms with Crippen molar-refractivity contribution in [2.75, 3.05) is 13.7 Å². The highest BCUT2D eigenvalue weighted by atomic mass is 79.9. The Kier molecular flexibility index (Phi) is 5.76. The first-order valence-electron chi connectivity index (χ1n) is 6.92. The molecule has 0 saturated carbocycles. The summed E-state index contributed by atoms with van der Waals surface area (Å²) >= 11 is 3.27. The van der Waals surface area contributed by atoms with Crippen molar-refractivity contribution in [2.45, 2.75) is 19.4 Å². The molecule has 0 amide bonds. The summed E-state index contributed by atoms with van der Waals surface area (Å²) in [5.41, 5.74) is 1.83. The van der Waals surface area contributed by atoms with E-state index in [1.54, 1.807) is 13.2 Å². The molecule has 0 aliphatic heterocycles. The third-order valence-corrected chi connectivity index (χ3v) is 3.96. The van der Waals surface area contributed by atoms with Crippen LogP contribution in [0.25, 0.3) is 0 Å². The topological polar surface area (TPSA) is 21.3 Å². The summed E-state index contributed by atoms with van der Waals surface area (Å²) in [6, 6.07) is 13.1. The molecule has 2 rings (SSSR count). The van der Waals surface area contributed by atoms with Gasteiger partial charge in [0.25, 0.3) is 0 Å². The van der Waals surface area contributed by atoms with Gasteiger partial charge >= 0.3 is 0 Å². The summed E-state index contributed by atoms with van der Waals surface area (Å²) in [7, 11) is 1.67. The fourth-order valence-corrected chi connectivity index (χ4v) is 2.63. The second kappa shape index (κ2) is 7.57. The Balaban J connectivity index is 1.93. The average Bonchev–Trinajstić information content (AvgIpc) is 2.47. The van der Waals surface area contributed by atoms with E-state index in [-0.39, 0.29) is 11.9 Å². The fraction of sp³-hybridized carbons (Fsp3) is 0.294. The molecule has 0 saturated heterocycles. The maximum absolute atomic E-state index is 13.9. The van der Waals surface area contributed by atoms with E-state index in [2.05, 4.69) is 21.2 Å². The van der Waals surface area contributed by atoms with Gasteiger partial charge < -0.3 is 10.1 Å². The van der Waals surface area contributed by atoms with Crippen molar-refractivity contribution in [1.29, 1.82) is 0 Å². The highest BCUT2D eigenvalue weighted by molar-refractivity contribution is 9.10. The molecular formula is C17H19BrFNO. The largest absolute Gasteiger partial charge is 0.496 e. The minimum absolute atomic E-state index is 0.0344. The average molecular weight is 352 g/mol. The van der Waals surface area contributed by atoms with Crippen LogP contribution in [0.2, 0.25) is 0 Å². The van der Waals surface area contributed by atoms with Crippen molar-refractivity contribution in [2.24, 2.45) is 0 Å². The third-order valence-electron chi connectivity index (χ3n) is 3.47. The predicted octanol–water partition coefficient (Wildman–Crippen LogP) is 4.49. The summed E-state index contributed by atoms with van der Waals surface area (Å²) in [4.78, 5) is 0. The van der Waals surface area contributed by atoms with E-state index in [9.17, 15) is 4.39 Å². The van der Waals surface area contributed by atoms with Gasteiger partial charge in [-0.05, 0) is 43.7 Å². The molecule has 0 fully saturated rings. The summed E-state index contributed by atoms with van der Waals surface area (Å²) in [6.07, 6.45) is 0.840. The minimum atomic E-state index is -0.193. The fourth-order valence-electron chi connectivity index (χ4n) is 2.30. The van der Waals surface area contributed by atoms with Crippen LogP contribution < -0.4 is 10.1 Å². The second-order valence-electron chi connectivity index (χ2n) is 4.90. The molecule has 1 unspecified atom stereocenters. The smallest absolute Gasteiger partial charge is 0.129 e. The van der Waals surface area contributed by atoms with Crippen LogP contribution in [-0.2, 0) is 6.42 Å². The van der Waals surface area contributed by atoms with Gasteiger partial charge in [0.15, 0.2) is 0 Å². The molecule has 0 radical (unpaired) electrons. The van der Waals surface area contributed by atoms with E-state index in [1.165, 1.54) is 6.07 Å². The van der Waals surface area contributed by atoms with Gasteiger partial charge in [-0.3, -0.25) is 0 Å². The van der Waals surface area contributed by atoms with Crippen molar-refractivity contribution in [3.63, 3.8) is 0 Å².